The number of aryl methyl sites for hydroxylation is 1. The Morgan fingerprint density at radius 2 is 2.43 bits per heavy atom. The molecule has 0 aliphatic rings. The van der Waals surface area contributed by atoms with Crippen LogP contribution in [0, 0.1) is 11.7 Å². The van der Waals surface area contributed by atoms with Gasteiger partial charge in [0.1, 0.15) is 0 Å². The van der Waals surface area contributed by atoms with E-state index in [1.807, 2.05) is 23.1 Å². The van der Waals surface area contributed by atoms with Crippen molar-refractivity contribution >= 4 is 23.6 Å². The minimum absolute atomic E-state index is 0.0280. The van der Waals surface area contributed by atoms with Gasteiger partial charge in [0.15, 0.2) is 4.77 Å². The summed E-state index contributed by atoms with van der Waals surface area (Å²) in [6.07, 6.45) is 1.85. The van der Waals surface area contributed by atoms with Crippen LogP contribution in [0.1, 0.15) is 11.4 Å². The predicted molar refractivity (Wildman–Crippen MR) is 58.4 cm³/mol. The minimum Gasteiger partial charge on any atom is -0.337 e. The quantitative estimate of drug-likeness (QED) is 0.766. The van der Waals surface area contributed by atoms with Crippen LogP contribution < -0.4 is 4.87 Å². The van der Waals surface area contributed by atoms with Gasteiger partial charge in [0.05, 0.1) is 6.54 Å². The van der Waals surface area contributed by atoms with Crippen molar-refractivity contribution < 1.29 is 0 Å². The Morgan fingerprint density at radius 1 is 1.64 bits per heavy atom. The molecule has 14 heavy (non-hydrogen) atoms. The van der Waals surface area contributed by atoms with Crippen molar-refractivity contribution in [2.75, 3.05) is 0 Å². The lowest BCUT2D eigenvalue weighted by Crippen LogP contribution is -2.04. The van der Waals surface area contributed by atoms with Crippen LogP contribution in [-0.4, -0.2) is 14.5 Å². The van der Waals surface area contributed by atoms with E-state index in [0.29, 0.717) is 11.3 Å². The molecule has 2 aromatic rings. The molecule has 0 unspecified atom stereocenters. The molecule has 0 amide bonds. The van der Waals surface area contributed by atoms with Gasteiger partial charge >= 0.3 is 4.87 Å². The van der Waals surface area contributed by atoms with Gasteiger partial charge in [-0.2, -0.15) is 0 Å². The minimum atomic E-state index is -0.0280. The summed E-state index contributed by atoms with van der Waals surface area (Å²) in [5, 5.41) is 1.82. The van der Waals surface area contributed by atoms with E-state index in [1.165, 1.54) is 11.3 Å². The molecule has 0 spiro atoms. The number of nitrogens with one attached hydrogen (secondary N) is 2. The highest BCUT2D eigenvalue weighted by Gasteiger charge is 2.02. The molecule has 4 nitrogen and oxygen atoms in total. The maximum absolute atomic E-state index is 10.9. The molecule has 0 fully saturated rings. The molecule has 2 heterocycles. The van der Waals surface area contributed by atoms with Gasteiger partial charge < -0.3 is 14.5 Å². The van der Waals surface area contributed by atoms with Crippen molar-refractivity contribution in [2.45, 2.75) is 13.5 Å². The number of aromatic nitrogens is 3. The molecule has 6 heteroatoms. The van der Waals surface area contributed by atoms with Gasteiger partial charge in [0, 0.05) is 23.0 Å². The monoisotopic (exact) mass is 227 g/mol. The van der Waals surface area contributed by atoms with E-state index in [4.69, 9.17) is 12.2 Å². The second kappa shape index (κ2) is 3.55. The average molecular weight is 227 g/mol. The molecular formula is C8H9N3OS2. The number of rotatable bonds is 2. The fourth-order valence-corrected chi connectivity index (χ4v) is 2.08. The normalized spacial score (nSPS) is 10.6. The number of imidazole rings is 1. The summed E-state index contributed by atoms with van der Waals surface area (Å²) < 4.78 is 2.61. The summed E-state index contributed by atoms with van der Waals surface area (Å²) in [6.45, 7) is 2.59. The first-order valence-electron chi connectivity index (χ1n) is 4.08. The maximum atomic E-state index is 10.9. The molecule has 2 rings (SSSR count). The third-order valence-corrected chi connectivity index (χ3v) is 3.03. The Hall–Kier alpha value is -1.14. The SMILES string of the molecule is Cc1c[nH]c(=S)n1Cc1csc(=O)[nH]1. The van der Waals surface area contributed by atoms with E-state index in [2.05, 4.69) is 9.97 Å². The fourth-order valence-electron chi connectivity index (χ4n) is 1.24. The summed E-state index contributed by atoms with van der Waals surface area (Å²) in [4.78, 5) is 16.6. The van der Waals surface area contributed by atoms with Gasteiger partial charge in [-0.15, -0.1) is 0 Å². The molecule has 74 valence electrons. The summed E-state index contributed by atoms with van der Waals surface area (Å²) >= 11 is 6.27. The molecule has 0 aliphatic carbocycles. The number of hydrogen-bond acceptors (Lipinski definition) is 3. The molecular weight excluding hydrogens is 218 g/mol. The standard InChI is InChI=1S/C8H9N3OS2/c1-5-2-9-7(13)11(5)3-6-4-14-8(12)10-6/h2,4H,3H2,1H3,(H,9,13)(H,10,12). The zero-order chi connectivity index (χ0) is 10.1. The molecule has 0 saturated carbocycles. The van der Waals surface area contributed by atoms with Crippen LogP contribution in [0.2, 0.25) is 0 Å². The highest BCUT2D eigenvalue weighted by molar-refractivity contribution is 7.71. The first-order chi connectivity index (χ1) is 6.66. The fraction of sp³-hybridized carbons (Fsp3) is 0.250. The van der Waals surface area contributed by atoms with E-state index in [0.717, 1.165) is 11.4 Å². The van der Waals surface area contributed by atoms with Crippen molar-refractivity contribution in [3.8, 4) is 0 Å². The van der Waals surface area contributed by atoms with Crippen molar-refractivity contribution in [2.24, 2.45) is 0 Å². The van der Waals surface area contributed by atoms with Crippen molar-refractivity contribution in [1.82, 2.24) is 14.5 Å². The summed E-state index contributed by atoms with van der Waals surface area (Å²) in [6, 6.07) is 0. The highest BCUT2D eigenvalue weighted by atomic mass is 32.1. The van der Waals surface area contributed by atoms with Gasteiger partial charge in [0.2, 0.25) is 0 Å². The van der Waals surface area contributed by atoms with Gasteiger partial charge in [-0.1, -0.05) is 11.3 Å². The van der Waals surface area contributed by atoms with E-state index in [1.54, 1.807) is 0 Å². The zero-order valence-corrected chi connectivity index (χ0v) is 9.17. The van der Waals surface area contributed by atoms with E-state index in [-0.39, 0.29) is 4.87 Å². The predicted octanol–water partition coefficient (Wildman–Crippen LogP) is 1.65. The Labute approximate surface area is 89.2 Å². The van der Waals surface area contributed by atoms with E-state index < -0.39 is 0 Å². The first kappa shape index (κ1) is 9.42. The Kier molecular flexibility index (Phi) is 2.39. The highest BCUT2D eigenvalue weighted by Crippen LogP contribution is 2.04. The van der Waals surface area contributed by atoms with E-state index >= 15 is 0 Å². The summed E-state index contributed by atoms with van der Waals surface area (Å²) in [5.74, 6) is 0. The molecule has 0 radical (unpaired) electrons. The Balaban J connectivity index is 2.35. The number of nitrogens with zero attached hydrogens (tertiary/aromatic N) is 1. The number of aromatic amines is 2. The van der Waals surface area contributed by atoms with Crippen LogP contribution in [-0.2, 0) is 6.54 Å². The Bertz CT molecular complexity index is 545. The molecule has 2 N–H and O–H groups in total. The maximum Gasteiger partial charge on any atom is 0.304 e. The molecule has 0 atom stereocenters. The third-order valence-electron chi connectivity index (χ3n) is 1.97. The molecule has 0 bridgehead atoms. The molecule has 0 aromatic carbocycles. The van der Waals surface area contributed by atoms with Gasteiger partial charge in [0.25, 0.3) is 0 Å². The van der Waals surface area contributed by atoms with Gasteiger partial charge in [-0.3, -0.25) is 4.79 Å². The molecule has 0 saturated heterocycles. The lowest BCUT2D eigenvalue weighted by atomic mass is 10.4. The van der Waals surface area contributed by atoms with Crippen LogP contribution in [0.3, 0.4) is 0 Å². The summed E-state index contributed by atoms with van der Waals surface area (Å²) in [5.41, 5.74) is 1.95. The van der Waals surface area contributed by atoms with Crippen LogP contribution in [0.15, 0.2) is 16.4 Å². The number of hydrogen-bond donors (Lipinski definition) is 2. The summed E-state index contributed by atoms with van der Waals surface area (Å²) in [7, 11) is 0. The second-order valence-corrected chi connectivity index (χ2v) is 4.22. The zero-order valence-electron chi connectivity index (χ0n) is 7.53. The topological polar surface area (TPSA) is 53.6 Å². The van der Waals surface area contributed by atoms with Crippen LogP contribution in [0.4, 0.5) is 0 Å². The van der Waals surface area contributed by atoms with E-state index in [9.17, 15) is 4.79 Å². The van der Waals surface area contributed by atoms with Crippen molar-refractivity contribution in [3.05, 3.63) is 37.4 Å². The number of thiazole rings is 1. The van der Waals surface area contributed by atoms with Gasteiger partial charge in [-0.05, 0) is 19.1 Å². The average Bonchev–Trinajstić information content (AvgIpc) is 2.67. The second-order valence-electron chi connectivity index (χ2n) is 2.99. The van der Waals surface area contributed by atoms with Crippen LogP contribution >= 0.6 is 23.6 Å². The number of H-pyrrole nitrogens is 2. The smallest absolute Gasteiger partial charge is 0.304 e. The molecule has 2 aromatic heterocycles. The van der Waals surface area contributed by atoms with Crippen molar-refractivity contribution in [1.29, 1.82) is 0 Å². The van der Waals surface area contributed by atoms with Gasteiger partial charge in [-0.25, -0.2) is 0 Å². The first-order valence-corrected chi connectivity index (χ1v) is 5.37. The largest absolute Gasteiger partial charge is 0.337 e. The van der Waals surface area contributed by atoms with Crippen LogP contribution in [0.5, 0.6) is 0 Å². The lowest BCUT2D eigenvalue weighted by molar-refractivity contribution is 0.741. The van der Waals surface area contributed by atoms with Crippen LogP contribution in [0.25, 0.3) is 0 Å². The lowest BCUT2D eigenvalue weighted by Gasteiger charge is -2.01. The van der Waals surface area contributed by atoms with Crippen molar-refractivity contribution in [3.63, 3.8) is 0 Å². The Morgan fingerprint density at radius 3 is 2.93 bits per heavy atom. The molecule has 0 aliphatic heterocycles. The third kappa shape index (κ3) is 1.71.